The molecule has 0 saturated heterocycles. The number of hydrogen-bond donors (Lipinski definition) is 2. The van der Waals surface area contributed by atoms with Gasteiger partial charge in [-0.25, -0.2) is 15.0 Å². The minimum atomic E-state index is -0.0823. The van der Waals surface area contributed by atoms with Crippen LogP contribution in [-0.4, -0.2) is 45.0 Å². The molecule has 32 heavy (non-hydrogen) atoms. The molecule has 0 radical (unpaired) electrons. The van der Waals surface area contributed by atoms with Crippen LogP contribution in [-0.2, 0) is 11.3 Å². The molecule has 11 heteroatoms. The lowest BCUT2D eigenvalue weighted by atomic mass is 10.1. The van der Waals surface area contributed by atoms with E-state index >= 15 is 0 Å². The van der Waals surface area contributed by atoms with Gasteiger partial charge in [-0.1, -0.05) is 11.6 Å². The topological polar surface area (TPSA) is 111 Å². The number of benzene rings is 1. The summed E-state index contributed by atoms with van der Waals surface area (Å²) < 4.78 is 12.3. The summed E-state index contributed by atoms with van der Waals surface area (Å²) in [4.78, 5) is 30.9. The summed E-state index contributed by atoms with van der Waals surface area (Å²) in [5.41, 5.74) is 2.63. The summed E-state index contributed by atoms with van der Waals surface area (Å²) in [5, 5.41) is 7.46. The summed E-state index contributed by atoms with van der Waals surface area (Å²) in [6.07, 6.45) is 2.97. The maximum absolute atomic E-state index is 12.6. The molecule has 1 amide bonds. The van der Waals surface area contributed by atoms with Crippen molar-refractivity contribution in [1.29, 1.82) is 0 Å². The number of carbonyl (C=O) groups is 1. The molecule has 4 aromatic rings. The van der Waals surface area contributed by atoms with Gasteiger partial charge in [0.1, 0.15) is 10.6 Å². The Hall–Kier alpha value is -3.08. The summed E-state index contributed by atoms with van der Waals surface area (Å²) in [7, 11) is 0. The SMILES string of the molecule is CCOCc1ncc(Cl)nc1Oc1cnc2c(ccc3sc4c(c32)NC[C@@H](C)NC4=O)n1. The third-order valence-corrected chi connectivity index (χ3v) is 6.27. The van der Waals surface area contributed by atoms with Crippen molar-refractivity contribution < 1.29 is 14.3 Å². The number of carbonyl (C=O) groups excluding carboxylic acids is 1. The molecule has 1 aromatic carbocycles. The van der Waals surface area contributed by atoms with Crippen molar-refractivity contribution in [3.8, 4) is 11.8 Å². The number of halogens is 1. The second-order valence-corrected chi connectivity index (χ2v) is 8.70. The van der Waals surface area contributed by atoms with Gasteiger partial charge in [0, 0.05) is 29.3 Å². The molecule has 4 heterocycles. The van der Waals surface area contributed by atoms with E-state index in [0.29, 0.717) is 34.8 Å². The van der Waals surface area contributed by atoms with E-state index in [9.17, 15) is 4.79 Å². The number of anilines is 1. The quantitative estimate of drug-likeness (QED) is 0.447. The first-order chi connectivity index (χ1) is 15.5. The first-order valence-corrected chi connectivity index (χ1v) is 11.3. The molecule has 1 atom stereocenters. The summed E-state index contributed by atoms with van der Waals surface area (Å²) in [5.74, 6) is 0.394. The molecule has 0 saturated carbocycles. The molecule has 0 fully saturated rings. The molecule has 9 nitrogen and oxygen atoms in total. The molecule has 2 N–H and O–H groups in total. The monoisotopic (exact) mass is 470 g/mol. The number of amides is 1. The lowest BCUT2D eigenvalue weighted by Crippen LogP contribution is -2.34. The highest BCUT2D eigenvalue weighted by Crippen LogP contribution is 2.40. The Labute approximate surface area is 192 Å². The van der Waals surface area contributed by atoms with Crippen LogP contribution in [0.2, 0.25) is 5.15 Å². The van der Waals surface area contributed by atoms with Crippen molar-refractivity contribution >= 4 is 55.7 Å². The average Bonchev–Trinajstić information content (AvgIpc) is 3.09. The molecule has 5 rings (SSSR count). The number of nitrogens with zero attached hydrogens (tertiary/aromatic N) is 4. The first-order valence-electron chi connectivity index (χ1n) is 10.1. The molecular weight excluding hydrogens is 452 g/mol. The van der Waals surface area contributed by atoms with Gasteiger partial charge in [0.25, 0.3) is 5.91 Å². The van der Waals surface area contributed by atoms with Crippen molar-refractivity contribution in [3.05, 3.63) is 40.3 Å². The molecule has 164 valence electrons. The Morgan fingerprint density at radius 2 is 2.12 bits per heavy atom. The molecule has 0 bridgehead atoms. The Balaban J connectivity index is 1.55. The van der Waals surface area contributed by atoms with E-state index in [1.807, 2.05) is 26.0 Å². The molecule has 0 spiro atoms. The third-order valence-electron chi connectivity index (χ3n) is 4.94. The number of nitrogens with one attached hydrogen (secondary N) is 2. The Bertz CT molecular complexity index is 1340. The first kappa shape index (κ1) is 20.8. The fraction of sp³-hybridized carbons (Fsp3) is 0.286. The van der Waals surface area contributed by atoms with Gasteiger partial charge in [-0.15, -0.1) is 11.3 Å². The van der Waals surface area contributed by atoms with Gasteiger partial charge in [-0.3, -0.25) is 4.79 Å². The van der Waals surface area contributed by atoms with Crippen molar-refractivity contribution in [1.82, 2.24) is 25.3 Å². The standard InChI is InChI=1S/C21H19ClN6O3S/c1-3-30-9-12-21(28-14(22)7-23-12)31-15-8-25-17-11(27-15)4-5-13-16(17)18-19(32-13)20(29)26-10(2)6-24-18/h4-5,7-8,10,24H,3,6,9H2,1-2H3,(H,26,29)/t10-/m1/s1. The van der Waals surface area contributed by atoms with Gasteiger partial charge < -0.3 is 20.1 Å². The highest BCUT2D eigenvalue weighted by molar-refractivity contribution is 7.21. The number of hydrogen-bond acceptors (Lipinski definition) is 9. The van der Waals surface area contributed by atoms with Gasteiger partial charge in [0.2, 0.25) is 11.8 Å². The zero-order valence-corrected chi connectivity index (χ0v) is 18.9. The van der Waals surface area contributed by atoms with Gasteiger partial charge in [-0.2, -0.15) is 4.98 Å². The van der Waals surface area contributed by atoms with Gasteiger partial charge in [0.05, 0.1) is 35.7 Å². The number of fused-ring (bicyclic) bond motifs is 5. The number of thiophene rings is 1. The van der Waals surface area contributed by atoms with Crippen LogP contribution in [0.25, 0.3) is 21.1 Å². The zero-order chi connectivity index (χ0) is 22.2. The minimum Gasteiger partial charge on any atom is -0.417 e. The van der Waals surface area contributed by atoms with Crippen LogP contribution < -0.4 is 15.4 Å². The smallest absolute Gasteiger partial charge is 0.263 e. The maximum atomic E-state index is 12.6. The van der Waals surface area contributed by atoms with Crippen LogP contribution in [0.5, 0.6) is 11.8 Å². The molecule has 3 aromatic heterocycles. The molecule has 1 aliphatic heterocycles. The zero-order valence-electron chi connectivity index (χ0n) is 17.3. The van der Waals surface area contributed by atoms with Crippen molar-refractivity contribution in [3.63, 3.8) is 0 Å². The minimum absolute atomic E-state index is 0.0305. The summed E-state index contributed by atoms with van der Waals surface area (Å²) in [6.45, 7) is 5.26. The van der Waals surface area contributed by atoms with E-state index in [4.69, 9.17) is 21.1 Å². The molecular formula is C21H19ClN6O3S. The summed E-state index contributed by atoms with van der Waals surface area (Å²) in [6, 6.07) is 3.83. The number of ether oxygens (including phenoxy) is 2. The normalized spacial score (nSPS) is 15.8. The largest absolute Gasteiger partial charge is 0.417 e. The van der Waals surface area contributed by atoms with Gasteiger partial charge >= 0.3 is 0 Å². The van der Waals surface area contributed by atoms with Crippen molar-refractivity contribution in [2.75, 3.05) is 18.5 Å². The number of rotatable bonds is 5. The number of aromatic nitrogens is 4. The second-order valence-electron chi connectivity index (χ2n) is 7.26. The van der Waals surface area contributed by atoms with Gasteiger partial charge in [-0.05, 0) is 26.0 Å². The van der Waals surface area contributed by atoms with Crippen LogP contribution in [0.1, 0.15) is 29.2 Å². The van der Waals surface area contributed by atoms with E-state index < -0.39 is 0 Å². The molecule has 0 aliphatic carbocycles. The predicted molar refractivity (Wildman–Crippen MR) is 123 cm³/mol. The van der Waals surface area contributed by atoms with Crippen molar-refractivity contribution in [2.45, 2.75) is 26.5 Å². The maximum Gasteiger partial charge on any atom is 0.263 e. The fourth-order valence-corrected chi connectivity index (χ4v) is 4.69. The lowest BCUT2D eigenvalue weighted by molar-refractivity contribution is 0.0949. The Kier molecular flexibility index (Phi) is 5.50. The molecule has 1 aliphatic rings. The van der Waals surface area contributed by atoms with Crippen LogP contribution in [0, 0.1) is 0 Å². The summed E-state index contributed by atoms with van der Waals surface area (Å²) >= 11 is 7.43. The van der Waals surface area contributed by atoms with Crippen molar-refractivity contribution in [2.24, 2.45) is 0 Å². The van der Waals surface area contributed by atoms with E-state index in [-0.39, 0.29) is 35.5 Å². The second kappa shape index (κ2) is 8.45. The van der Waals surface area contributed by atoms with Crippen LogP contribution in [0.15, 0.2) is 24.5 Å². The lowest BCUT2D eigenvalue weighted by Gasteiger charge is -2.10. The van der Waals surface area contributed by atoms with Gasteiger partial charge in [0.15, 0.2) is 5.15 Å². The van der Waals surface area contributed by atoms with E-state index in [1.165, 1.54) is 23.7 Å². The van der Waals surface area contributed by atoms with E-state index in [2.05, 4.69) is 30.6 Å². The highest BCUT2D eigenvalue weighted by atomic mass is 35.5. The predicted octanol–water partition coefficient (Wildman–Crippen LogP) is 4.16. The van der Waals surface area contributed by atoms with E-state index in [0.717, 1.165) is 15.8 Å². The van der Waals surface area contributed by atoms with Crippen LogP contribution in [0.3, 0.4) is 0 Å². The Morgan fingerprint density at radius 1 is 1.25 bits per heavy atom. The average molecular weight is 471 g/mol. The van der Waals surface area contributed by atoms with E-state index in [1.54, 1.807) is 0 Å². The third kappa shape index (κ3) is 3.81. The van der Waals surface area contributed by atoms with Crippen LogP contribution in [0.4, 0.5) is 5.69 Å². The van der Waals surface area contributed by atoms with Crippen LogP contribution >= 0.6 is 22.9 Å². The highest BCUT2D eigenvalue weighted by Gasteiger charge is 2.25. The Morgan fingerprint density at radius 3 is 2.97 bits per heavy atom. The molecule has 0 unspecified atom stereocenters. The fourth-order valence-electron chi connectivity index (χ4n) is 3.48.